The first kappa shape index (κ1) is 21.9. The smallest absolute Gasteiger partial charge is 0.337 e. The molecule has 0 unspecified atom stereocenters. The van der Waals surface area contributed by atoms with Crippen LogP contribution in [0.25, 0.3) is 10.2 Å². The van der Waals surface area contributed by atoms with Gasteiger partial charge in [-0.25, -0.2) is 13.2 Å². The van der Waals surface area contributed by atoms with Crippen molar-refractivity contribution in [3.63, 3.8) is 0 Å². The number of carbonyl (C=O) groups excluding carboxylic acids is 2. The summed E-state index contributed by atoms with van der Waals surface area (Å²) in [5.41, 5.74) is 2.02. The number of carbonyl (C=O) groups is 2. The Balaban J connectivity index is 1.90. The number of fused-ring (bicyclic) bond motifs is 1. The van der Waals surface area contributed by atoms with Crippen LogP contribution in [0.5, 0.6) is 0 Å². The van der Waals surface area contributed by atoms with Crippen molar-refractivity contribution in [2.75, 3.05) is 12.9 Å². The van der Waals surface area contributed by atoms with Crippen LogP contribution in [0.4, 0.5) is 0 Å². The molecule has 0 atom stereocenters. The van der Waals surface area contributed by atoms with E-state index in [1.54, 1.807) is 31.2 Å². The highest BCUT2D eigenvalue weighted by atomic mass is 32.2. The zero-order chi connectivity index (χ0) is 21.9. The van der Waals surface area contributed by atoms with Gasteiger partial charge in [0.1, 0.15) is 0 Å². The molecule has 0 N–H and O–H groups in total. The molecule has 0 saturated carbocycles. The fourth-order valence-corrected chi connectivity index (χ4v) is 5.05. The predicted molar refractivity (Wildman–Crippen MR) is 115 cm³/mol. The Hall–Kier alpha value is -2.78. The molecule has 9 heteroatoms. The molecule has 1 heterocycles. The van der Waals surface area contributed by atoms with E-state index in [2.05, 4.69) is 4.99 Å². The third-order valence-electron chi connectivity index (χ3n) is 4.66. The number of nitrogens with zero attached hydrogens (tertiary/aromatic N) is 2. The van der Waals surface area contributed by atoms with Crippen molar-refractivity contribution in [2.45, 2.75) is 31.7 Å². The largest absolute Gasteiger partial charge is 0.465 e. The van der Waals surface area contributed by atoms with E-state index in [1.807, 2.05) is 17.6 Å². The summed E-state index contributed by atoms with van der Waals surface area (Å²) in [6.07, 6.45) is 0.0673. The quantitative estimate of drug-likeness (QED) is 0.543. The summed E-state index contributed by atoms with van der Waals surface area (Å²) in [6.45, 7) is 4.16. The number of sulfone groups is 1. The van der Waals surface area contributed by atoms with Gasteiger partial charge < -0.3 is 9.30 Å². The minimum Gasteiger partial charge on any atom is -0.465 e. The average Bonchev–Trinajstić information content (AvgIpc) is 3.09. The number of thiazole rings is 1. The number of amides is 1. The Labute approximate surface area is 178 Å². The van der Waals surface area contributed by atoms with E-state index < -0.39 is 15.8 Å². The van der Waals surface area contributed by atoms with E-state index in [0.717, 1.165) is 10.2 Å². The third-order valence-corrected chi connectivity index (χ3v) is 7.45. The van der Waals surface area contributed by atoms with Crippen molar-refractivity contribution >= 4 is 43.3 Å². The summed E-state index contributed by atoms with van der Waals surface area (Å²) in [5, 5.41) is 0. The number of ether oxygens (including phenoxy) is 1. The molecule has 0 spiro atoms. The van der Waals surface area contributed by atoms with E-state index in [9.17, 15) is 18.0 Å². The van der Waals surface area contributed by atoms with Crippen molar-refractivity contribution in [1.82, 2.24) is 4.57 Å². The van der Waals surface area contributed by atoms with Gasteiger partial charge in [0.2, 0.25) is 0 Å². The lowest BCUT2D eigenvalue weighted by molar-refractivity contribution is -0.117. The average molecular weight is 447 g/mol. The number of esters is 1. The van der Waals surface area contributed by atoms with Gasteiger partial charge in [-0.15, -0.1) is 0 Å². The van der Waals surface area contributed by atoms with Crippen molar-refractivity contribution in [3.8, 4) is 0 Å². The molecule has 0 fully saturated rings. The van der Waals surface area contributed by atoms with E-state index in [-0.39, 0.29) is 23.0 Å². The van der Waals surface area contributed by atoms with Crippen molar-refractivity contribution in [1.29, 1.82) is 0 Å². The van der Waals surface area contributed by atoms with Crippen LogP contribution in [0, 0.1) is 0 Å². The SMILES string of the molecule is CCn1c(=NC(=O)Cc2ccc(S(=O)(=O)CC)cc2)sc2cc(C(=O)OC)ccc21. The highest BCUT2D eigenvalue weighted by molar-refractivity contribution is 7.91. The maximum atomic E-state index is 12.5. The summed E-state index contributed by atoms with van der Waals surface area (Å²) in [6, 6.07) is 11.5. The number of hydrogen-bond acceptors (Lipinski definition) is 6. The van der Waals surface area contributed by atoms with Gasteiger partial charge in [0.05, 0.1) is 40.0 Å². The predicted octanol–water partition coefficient (Wildman–Crippen LogP) is 2.97. The molecule has 1 amide bonds. The Bertz CT molecular complexity index is 1270. The molecule has 0 aliphatic carbocycles. The summed E-state index contributed by atoms with van der Waals surface area (Å²) in [7, 11) is -1.94. The third kappa shape index (κ3) is 4.52. The highest BCUT2D eigenvalue weighted by Crippen LogP contribution is 2.20. The van der Waals surface area contributed by atoms with Crippen LogP contribution >= 0.6 is 11.3 Å². The monoisotopic (exact) mass is 446 g/mol. The topological polar surface area (TPSA) is 94.8 Å². The molecule has 1 aromatic heterocycles. The number of hydrogen-bond donors (Lipinski definition) is 0. The fourth-order valence-electron chi connectivity index (χ4n) is 3.01. The Kier molecular flexibility index (Phi) is 6.52. The molecule has 7 nitrogen and oxygen atoms in total. The van der Waals surface area contributed by atoms with Crippen LogP contribution in [0.1, 0.15) is 29.8 Å². The van der Waals surface area contributed by atoms with Gasteiger partial charge in [0.15, 0.2) is 14.6 Å². The molecule has 0 saturated heterocycles. The minimum absolute atomic E-state index is 0.0290. The molecule has 30 heavy (non-hydrogen) atoms. The maximum Gasteiger partial charge on any atom is 0.337 e. The second-order valence-corrected chi connectivity index (χ2v) is 9.82. The normalized spacial score (nSPS) is 12.3. The van der Waals surface area contributed by atoms with Gasteiger partial charge in [-0.05, 0) is 42.8 Å². The van der Waals surface area contributed by atoms with Gasteiger partial charge in [-0.3, -0.25) is 4.79 Å². The van der Waals surface area contributed by atoms with Gasteiger partial charge in [-0.1, -0.05) is 30.4 Å². The Morgan fingerprint density at radius 3 is 2.40 bits per heavy atom. The van der Waals surface area contributed by atoms with Crippen LogP contribution in [0.15, 0.2) is 52.4 Å². The molecule has 0 aliphatic heterocycles. The number of aryl methyl sites for hydroxylation is 1. The van der Waals surface area contributed by atoms with Gasteiger partial charge in [0, 0.05) is 6.54 Å². The van der Waals surface area contributed by atoms with Crippen molar-refractivity contribution in [3.05, 3.63) is 58.4 Å². The zero-order valence-corrected chi connectivity index (χ0v) is 18.5. The van der Waals surface area contributed by atoms with Crippen LogP contribution < -0.4 is 4.80 Å². The minimum atomic E-state index is -3.27. The fraction of sp³-hybridized carbons (Fsp3) is 0.286. The Morgan fingerprint density at radius 2 is 1.80 bits per heavy atom. The number of aromatic nitrogens is 1. The molecule has 158 valence electrons. The summed E-state index contributed by atoms with van der Waals surface area (Å²) < 4.78 is 31.3. The highest BCUT2D eigenvalue weighted by Gasteiger charge is 2.13. The lowest BCUT2D eigenvalue weighted by Gasteiger charge is -2.03. The van der Waals surface area contributed by atoms with Crippen LogP contribution in [0.2, 0.25) is 0 Å². The number of methoxy groups -OCH3 is 1. The van der Waals surface area contributed by atoms with Crippen molar-refractivity contribution < 1.29 is 22.7 Å². The van der Waals surface area contributed by atoms with E-state index in [4.69, 9.17) is 4.74 Å². The lowest BCUT2D eigenvalue weighted by Crippen LogP contribution is -2.16. The molecule has 0 bridgehead atoms. The van der Waals surface area contributed by atoms with Gasteiger partial charge in [0.25, 0.3) is 5.91 Å². The standard InChI is InChI=1S/C21H22N2O5S2/c1-4-23-17-11-8-15(20(25)28-3)13-18(17)29-21(23)22-19(24)12-14-6-9-16(10-7-14)30(26,27)5-2/h6-11,13H,4-5,12H2,1-3H3. The molecule has 0 aliphatic rings. The summed E-state index contributed by atoms with van der Waals surface area (Å²) >= 11 is 1.33. The second kappa shape index (κ2) is 8.93. The molecular weight excluding hydrogens is 424 g/mol. The van der Waals surface area contributed by atoms with E-state index >= 15 is 0 Å². The number of rotatable bonds is 6. The Morgan fingerprint density at radius 1 is 1.10 bits per heavy atom. The lowest BCUT2D eigenvalue weighted by atomic mass is 10.1. The van der Waals surface area contributed by atoms with Crippen LogP contribution in [0.3, 0.4) is 0 Å². The summed E-state index contributed by atoms with van der Waals surface area (Å²) in [4.78, 5) is 29.3. The zero-order valence-electron chi connectivity index (χ0n) is 16.9. The van der Waals surface area contributed by atoms with Gasteiger partial charge >= 0.3 is 5.97 Å². The first-order valence-corrected chi connectivity index (χ1v) is 11.9. The van der Waals surface area contributed by atoms with Crippen molar-refractivity contribution in [2.24, 2.45) is 4.99 Å². The van der Waals surface area contributed by atoms with Gasteiger partial charge in [-0.2, -0.15) is 4.99 Å². The molecule has 3 rings (SSSR count). The van der Waals surface area contributed by atoms with Crippen LogP contribution in [-0.2, 0) is 32.3 Å². The first-order chi connectivity index (χ1) is 14.3. The number of benzene rings is 2. The van der Waals surface area contributed by atoms with Crippen LogP contribution in [-0.4, -0.2) is 37.7 Å². The first-order valence-electron chi connectivity index (χ1n) is 9.40. The molecule has 2 aromatic carbocycles. The van der Waals surface area contributed by atoms with E-state index in [1.165, 1.54) is 30.6 Å². The summed E-state index contributed by atoms with van der Waals surface area (Å²) in [5.74, 6) is -0.721. The second-order valence-electron chi connectivity index (χ2n) is 6.53. The molecule has 0 radical (unpaired) electrons. The molecule has 3 aromatic rings. The molecular formula is C21H22N2O5S2. The van der Waals surface area contributed by atoms with E-state index in [0.29, 0.717) is 22.5 Å². The maximum absolute atomic E-state index is 12.5.